The normalized spacial score (nSPS) is 11.0. The number of para-hydroxylation sites is 1. The smallest absolute Gasteiger partial charge is 0.243 e. The predicted molar refractivity (Wildman–Crippen MR) is 132 cm³/mol. The molecule has 0 aliphatic rings. The highest BCUT2D eigenvalue weighted by atomic mass is 16.5. The highest BCUT2D eigenvalue weighted by Crippen LogP contribution is 2.23. The number of hydrogen-bond acceptors (Lipinski definition) is 7. The van der Waals surface area contributed by atoms with E-state index in [1.54, 1.807) is 30.3 Å². The van der Waals surface area contributed by atoms with Crippen molar-refractivity contribution in [1.29, 1.82) is 5.41 Å². The SMILES string of the molecule is CN(C)CC=CC(=O)NCC[NH2+]c1ncnc(N)c1C(=N)c1ccc(Oc2ccccc2)cc1. The Morgan fingerprint density at radius 2 is 1.82 bits per heavy atom. The third-order valence-electron chi connectivity index (χ3n) is 4.80. The highest BCUT2D eigenvalue weighted by Gasteiger charge is 2.19. The fraction of sp³-hybridized carbons (Fsp3) is 0.200. The summed E-state index contributed by atoms with van der Waals surface area (Å²) in [6.07, 6.45) is 4.70. The Morgan fingerprint density at radius 1 is 1.12 bits per heavy atom. The molecule has 3 rings (SSSR count). The number of nitrogens with two attached hydrogens (primary N) is 2. The van der Waals surface area contributed by atoms with Gasteiger partial charge in [0.05, 0.1) is 18.8 Å². The third-order valence-corrected chi connectivity index (χ3v) is 4.80. The molecule has 34 heavy (non-hydrogen) atoms. The number of likely N-dealkylation sites (N-methyl/N-ethyl adjacent to an activating group) is 1. The van der Waals surface area contributed by atoms with E-state index in [9.17, 15) is 4.79 Å². The van der Waals surface area contributed by atoms with E-state index in [4.69, 9.17) is 15.9 Å². The maximum Gasteiger partial charge on any atom is 0.243 e. The van der Waals surface area contributed by atoms with E-state index >= 15 is 0 Å². The van der Waals surface area contributed by atoms with Gasteiger partial charge in [-0.15, -0.1) is 0 Å². The summed E-state index contributed by atoms with van der Waals surface area (Å²) in [6, 6.07) is 16.7. The van der Waals surface area contributed by atoms with E-state index in [1.165, 1.54) is 12.4 Å². The van der Waals surface area contributed by atoms with Gasteiger partial charge in [-0.2, -0.15) is 4.98 Å². The van der Waals surface area contributed by atoms with Crippen molar-refractivity contribution in [3.63, 3.8) is 0 Å². The quantitative estimate of drug-likeness (QED) is 0.195. The van der Waals surface area contributed by atoms with Crippen LogP contribution in [0.1, 0.15) is 11.1 Å². The third kappa shape index (κ3) is 7.22. The topological polar surface area (TPSA) is 134 Å². The van der Waals surface area contributed by atoms with E-state index in [2.05, 4.69) is 15.3 Å². The van der Waals surface area contributed by atoms with Gasteiger partial charge in [-0.3, -0.25) is 15.5 Å². The molecule has 1 aromatic heterocycles. The summed E-state index contributed by atoms with van der Waals surface area (Å²) in [5.41, 5.74) is 7.44. The molecule has 6 N–H and O–H groups in total. The lowest BCUT2D eigenvalue weighted by molar-refractivity contribution is -0.573. The van der Waals surface area contributed by atoms with Crippen LogP contribution in [0.25, 0.3) is 0 Å². The number of benzene rings is 2. The zero-order valence-electron chi connectivity index (χ0n) is 19.4. The summed E-state index contributed by atoms with van der Waals surface area (Å²) in [7, 11) is 3.87. The maximum absolute atomic E-state index is 11.9. The fourth-order valence-corrected chi connectivity index (χ4v) is 3.12. The minimum absolute atomic E-state index is 0.150. The van der Waals surface area contributed by atoms with E-state index < -0.39 is 0 Å². The van der Waals surface area contributed by atoms with E-state index in [1.807, 2.05) is 54.6 Å². The Kier molecular flexibility index (Phi) is 8.84. The molecule has 0 radical (unpaired) electrons. The second-order valence-corrected chi connectivity index (χ2v) is 7.78. The number of rotatable bonds is 11. The Labute approximate surface area is 199 Å². The monoisotopic (exact) mass is 460 g/mol. The first kappa shape index (κ1) is 24.6. The van der Waals surface area contributed by atoms with Crippen LogP contribution in [-0.2, 0) is 4.79 Å². The van der Waals surface area contributed by atoms with Crippen molar-refractivity contribution < 1.29 is 14.8 Å². The van der Waals surface area contributed by atoms with Crippen molar-refractivity contribution >= 4 is 23.3 Å². The Bertz CT molecular complexity index is 1130. The predicted octanol–water partition coefficient (Wildman–Crippen LogP) is 1.70. The average Bonchev–Trinajstić information content (AvgIpc) is 2.82. The minimum Gasteiger partial charge on any atom is -0.457 e. The number of amides is 1. The van der Waals surface area contributed by atoms with Crippen molar-refractivity contribution in [1.82, 2.24) is 20.2 Å². The van der Waals surface area contributed by atoms with Gasteiger partial charge < -0.3 is 20.7 Å². The van der Waals surface area contributed by atoms with Gasteiger partial charge in [0.2, 0.25) is 11.7 Å². The number of nitrogens with one attached hydrogen (secondary N) is 2. The molecular weight excluding hydrogens is 430 g/mol. The number of carbonyl (C=O) groups is 1. The van der Waals surface area contributed by atoms with Gasteiger partial charge in [0.15, 0.2) is 0 Å². The van der Waals surface area contributed by atoms with Crippen LogP contribution < -0.4 is 21.1 Å². The molecule has 0 unspecified atom stereocenters. The van der Waals surface area contributed by atoms with Gasteiger partial charge in [-0.1, -0.05) is 24.3 Å². The average molecular weight is 461 g/mol. The molecule has 0 spiro atoms. The Hall–Kier alpha value is -4.08. The van der Waals surface area contributed by atoms with Crippen LogP contribution in [0, 0.1) is 5.41 Å². The van der Waals surface area contributed by atoms with E-state index in [0.717, 1.165) is 5.75 Å². The van der Waals surface area contributed by atoms with Crippen LogP contribution in [0.15, 0.2) is 73.1 Å². The van der Waals surface area contributed by atoms with Crippen LogP contribution in [0.3, 0.4) is 0 Å². The first-order valence-corrected chi connectivity index (χ1v) is 10.9. The molecule has 1 amide bonds. The van der Waals surface area contributed by atoms with Crippen LogP contribution >= 0.6 is 0 Å². The molecule has 0 saturated carbocycles. The van der Waals surface area contributed by atoms with Crippen LogP contribution in [0.5, 0.6) is 11.5 Å². The first-order chi connectivity index (χ1) is 16.4. The molecule has 1 heterocycles. The minimum atomic E-state index is -0.150. The first-order valence-electron chi connectivity index (χ1n) is 10.9. The zero-order chi connectivity index (χ0) is 24.3. The van der Waals surface area contributed by atoms with E-state index in [0.29, 0.717) is 42.3 Å². The summed E-state index contributed by atoms with van der Waals surface area (Å²) in [6.45, 7) is 1.67. The number of hydrogen-bond donors (Lipinski definition) is 4. The molecule has 9 nitrogen and oxygen atoms in total. The van der Waals surface area contributed by atoms with Crippen molar-refractivity contribution in [2.75, 3.05) is 39.5 Å². The van der Waals surface area contributed by atoms with Crippen molar-refractivity contribution in [2.45, 2.75) is 0 Å². The standard InChI is InChI=1S/C25H29N7O2/c1-32(2)16-6-9-21(33)28-14-15-29-25-22(24(27)30-17-31-25)23(26)18-10-12-20(13-11-18)34-19-7-4-3-5-8-19/h3-13,17,26H,14-16H2,1-2H3,(H,28,33)(H3,27,29,30,31)/p+1. The number of carbonyl (C=O) groups excluding carboxylic acids is 1. The van der Waals surface area contributed by atoms with E-state index in [-0.39, 0.29) is 17.4 Å². The van der Waals surface area contributed by atoms with Gasteiger partial charge in [0.1, 0.15) is 29.2 Å². The summed E-state index contributed by atoms with van der Waals surface area (Å²) < 4.78 is 5.82. The fourth-order valence-electron chi connectivity index (χ4n) is 3.12. The second-order valence-electron chi connectivity index (χ2n) is 7.78. The number of anilines is 1. The number of aromatic nitrogens is 2. The summed E-state index contributed by atoms with van der Waals surface area (Å²) >= 11 is 0. The van der Waals surface area contributed by atoms with Crippen molar-refractivity contribution in [2.24, 2.45) is 0 Å². The van der Waals surface area contributed by atoms with Gasteiger partial charge >= 0.3 is 0 Å². The molecule has 0 fully saturated rings. The molecule has 176 valence electrons. The van der Waals surface area contributed by atoms with Crippen LogP contribution in [-0.4, -0.2) is 60.2 Å². The summed E-state index contributed by atoms with van der Waals surface area (Å²) in [5.74, 6) is 2.04. The van der Waals surface area contributed by atoms with Crippen molar-refractivity contribution in [3.8, 4) is 11.5 Å². The second kappa shape index (κ2) is 12.2. The van der Waals surface area contributed by atoms with Crippen LogP contribution in [0.4, 0.5) is 11.6 Å². The largest absolute Gasteiger partial charge is 0.457 e. The lowest BCUT2D eigenvalue weighted by Crippen LogP contribution is -2.80. The Morgan fingerprint density at radius 3 is 2.53 bits per heavy atom. The maximum atomic E-state index is 11.9. The molecule has 0 bridgehead atoms. The summed E-state index contributed by atoms with van der Waals surface area (Å²) in [5, 5.41) is 13.4. The lowest BCUT2D eigenvalue weighted by Gasteiger charge is -2.11. The highest BCUT2D eigenvalue weighted by molar-refractivity contribution is 6.15. The lowest BCUT2D eigenvalue weighted by atomic mass is 10.0. The number of ether oxygens (including phenoxy) is 1. The molecule has 0 aliphatic heterocycles. The van der Waals surface area contributed by atoms with Gasteiger partial charge in [0, 0.05) is 18.2 Å². The number of quaternary nitrogens is 1. The molecule has 0 atom stereocenters. The summed E-state index contributed by atoms with van der Waals surface area (Å²) in [4.78, 5) is 22.2. The molecule has 9 heteroatoms. The molecule has 0 saturated heterocycles. The molecular formula is C25H30N7O2+. The molecule has 3 aromatic rings. The van der Waals surface area contributed by atoms with Crippen LogP contribution in [0.2, 0.25) is 0 Å². The molecule has 2 aromatic carbocycles. The van der Waals surface area contributed by atoms with Gasteiger partial charge in [-0.05, 0) is 50.5 Å². The number of nitrogen functional groups attached to an aromatic ring is 1. The van der Waals surface area contributed by atoms with Crippen molar-refractivity contribution in [3.05, 3.63) is 84.2 Å². The van der Waals surface area contributed by atoms with Gasteiger partial charge in [-0.25, -0.2) is 4.98 Å². The Balaban J connectivity index is 1.61. The molecule has 0 aliphatic carbocycles. The van der Waals surface area contributed by atoms with Gasteiger partial charge in [0.25, 0.3) is 0 Å². The number of nitrogens with zero attached hydrogens (tertiary/aromatic N) is 3. The zero-order valence-corrected chi connectivity index (χ0v) is 19.4.